The van der Waals surface area contributed by atoms with Crippen LogP contribution < -0.4 is 5.32 Å². The Balaban J connectivity index is 2.59. The lowest BCUT2D eigenvalue weighted by Gasteiger charge is -2.02. The van der Waals surface area contributed by atoms with Gasteiger partial charge in [-0.25, -0.2) is 9.78 Å². The normalized spacial score (nSPS) is 10.1. The van der Waals surface area contributed by atoms with Gasteiger partial charge in [0.15, 0.2) is 0 Å². The molecule has 0 aliphatic heterocycles. The van der Waals surface area contributed by atoms with E-state index in [9.17, 15) is 4.79 Å². The lowest BCUT2D eigenvalue weighted by atomic mass is 10.3. The van der Waals surface area contributed by atoms with Gasteiger partial charge in [-0.05, 0) is 12.1 Å². The molecule has 0 atom stereocenters. The molecule has 76 valence electrons. The number of rotatable bonds is 5. The molecule has 0 radical (unpaired) electrons. The van der Waals surface area contributed by atoms with Crippen molar-refractivity contribution < 1.29 is 15.0 Å². The first-order chi connectivity index (χ1) is 6.74. The second kappa shape index (κ2) is 5.31. The first-order valence-electron chi connectivity index (χ1n) is 4.25. The maximum absolute atomic E-state index is 10.6. The molecule has 0 aromatic carbocycles. The second-order valence-electron chi connectivity index (χ2n) is 2.72. The molecular weight excluding hydrogens is 184 g/mol. The predicted molar refractivity (Wildman–Crippen MR) is 50.0 cm³/mol. The van der Waals surface area contributed by atoms with Gasteiger partial charge in [-0.3, -0.25) is 0 Å². The van der Waals surface area contributed by atoms with E-state index >= 15 is 0 Å². The van der Waals surface area contributed by atoms with Crippen molar-refractivity contribution in [3.8, 4) is 0 Å². The molecular formula is C9H12N2O3. The van der Waals surface area contributed by atoms with Gasteiger partial charge in [-0.15, -0.1) is 0 Å². The molecule has 0 amide bonds. The Labute approximate surface area is 81.4 Å². The zero-order valence-electron chi connectivity index (χ0n) is 7.60. The van der Waals surface area contributed by atoms with E-state index in [2.05, 4.69) is 10.3 Å². The quantitative estimate of drug-likeness (QED) is 0.571. The standard InChI is InChI=1S/C9H12N2O3/c12-5-4-10-6-7-2-1-3-8(11-7)9(13)14/h1-3,10,12H,4-6H2,(H,13,14). The summed E-state index contributed by atoms with van der Waals surface area (Å²) < 4.78 is 0. The largest absolute Gasteiger partial charge is 0.477 e. The highest BCUT2D eigenvalue weighted by atomic mass is 16.4. The number of aromatic carboxylic acids is 1. The maximum Gasteiger partial charge on any atom is 0.354 e. The van der Waals surface area contributed by atoms with Crippen molar-refractivity contribution in [1.29, 1.82) is 0 Å². The fourth-order valence-electron chi connectivity index (χ4n) is 0.993. The average molecular weight is 196 g/mol. The zero-order valence-corrected chi connectivity index (χ0v) is 7.60. The van der Waals surface area contributed by atoms with Crippen LogP contribution in [-0.4, -0.2) is 34.3 Å². The van der Waals surface area contributed by atoms with E-state index in [1.807, 2.05) is 0 Å². The van der Waals surface area contributed by atoms with E-state index in [0.717, 1.165) is 0 Å². The van der Waals surface area contributed by atoms with Crippen LogP contribution in [-0.2, 0) is 6.54 Å². The first kappa shape index (κ1) is 10.6. The van der Waals surface area contributed by atoms with E-state index in [-0.39, 0.29) is 12.3 Å². The molecule has 0 saturated carbocycles. The molecule has 14 heavy (non-hydrogen) atoms. The predicted octanol–water partition coefficient (Wildman–Crippen LogP) is -0.138. The number of aliphatic hydroxyl groups is 1. The van der Waals surface area contributed by atoms with E-state index < -0.39 is 5.97 Å². The minimum absolute atomic E-state index is 0.0355. The molecule has 0 saturated heterocycles. The van der Waals surface area contributed by atoms with Crippen molar-refractivity contribution in [2.45, 2.75) is 6.54 Å². The van der Waals surface area contributed by atoms with Crippen LogP contribution in [0.4, 0.5) is 0 Å². The van der Waals surface area contributed by atoms with Crippen LogP contribution in [0.25, 0.3) is 0 Å². The van der Waals surface area contributed by atoms with Gasteiger partial charge >= 0.3 is 5.97 Å². The first-order valence-corrected chi connectivity index (χ1v) is 4.25. The number of nitrogens with zero attached hydrogens (tertiary/aromatic N) is 1. The Hall–Kier alpha value is -1.46. The summed E-state index contributed by atoms with van der Waals surface area (Å²) in [4.78, 5) is 14.5. The molecule has 0 spiro atoms. The van der Waals surface area contributed by atoms with Crippen LogP contribution in [0, 0.1) is 0 Å². The molecule has 5 nitrogen and oxygen atoms in total. The van der Waals surface area contributed by atoms with E-state index in [0.29, 0.717) is 18.8 Å². The lowest BCUT2D eigenvalue weighted by molar-refractivity contribution is 0.0690. The molecule has 0 aliphatic rings. The van der Waals surface area contributed by atoms with Crippen molar-refractivity contribution in [3.63, 3.8) is 0 Å². The van der Waals surface area contributed by atoms with Gasteiger partial charge in [0, 0.05) is 13.1 Å². The van der Waals surface area contributed by atoms with Crippen LogP contribution >= 0.6 is 0 Å². The van der Waals surface area contributed by atoms with Gasteiger partial charge in [0.1, 0.15) is 5.69 Å². The van der Waals surface area contributed by atoms with E-state index in [1.54, 1.807) is 12.1 Å². The van der Waals surface area contributed by atoms with E-state index in [1.165, 1.54) is 6.07 Å². The molecule has 1 heterocycles. The van der Waals surface area contributed by atoms with Gasteiger partial charge in [0.2, 0.25) is 0 Å². The number of aromatic nitrogens is 1. The summed E-state index contributed by atoms with van der Waals surface area (Å²) in [6.07, 6.45) is 0. The fourth-order valence-corrected chi connectivity index (χ4v) is 0.993. The molecule has 0 unspecified atom stereocenters. The fraction of sp³-hybridized carbons (Fsp3) is 0.333. The number of carboxylic acids is 1. The number of aliphatic hydroxyl groups excluding tert-OH is 1. The van der Waals surface area contributed by atoms with Crippen molar-refractivity contribution in [2.24, 2.45) is 0 Å². The molecule has 0 aliphatic carbocycles. The minimum atomic E-state index is -1.03. The van der Waals surface area contributed by atoms with Crippen molar-refractivity contribution in [1.82, 2.24) is 10.3 Å². The Morgan fingerprint density at radius 1 is 1.50 bits per heavy atom. The number of carboxylic acid groups (broad SMARTS) is 1. The molecule has 3 N–H and O–H groups in total. The third kappa shape index (κ3) is 3.12. The number of hydrogen-bond acceptors (Lipinski definition) is 4. The third-order valence-electron chi connectivity index (χ3n) is 1.62. The highest BCUT2D eigenvalue weighted by Gasteiger charge is 2.04. The smallest absolute Gasteiger partial charge is 0.354 e. The summed E-state index contributed by atoms with van der Waals surface area (Å²) in [5, 5.41) is 20.1. The van der Waals surface area contributed by atoms with Crippen LogP contribution in [0.15, 0.2) is 18.2 Å². The van der Waals surface area contributed by atoms with Crippen molar-refractivity contribution in [3.05, 3.63) is 29.6 Å². The summed E-state index contributed by atoms with van der Waals surface area (Å²) >= 11 is 0. The maximum atomic E-state index is 10.6. The Morgan fingerprint density at radius 2 is 2.29 bits per heavy atom. The van der Waals surface area contributed by atoms with Gasteiger partial charge in [0.05, 0.1) is 12.3 Å². The van der Waals surface area contributed by atoms with Crippen molar-refractivity contribution in [2.75, 3.05) is 13.2 Å². The topological polar surface area (TPSA) is 82.5 Å². The minimum Gasteiger partial charge on any atom is -0.477 e. The highest BCUT2D eigenvalue weighted by molar-refractivity contribution is 5.85. The van der Waals surface area contributed by atoms with Crippen LogP contribution in [0.2, 0.25) is 0 Å². The monoisotopic (exact) mass is 196 g/mol. The molecule has 1 aromatic rings. The number of nitrogens with one attached hydrogen (secondary N) is 1. The molecule has 1 rings (SSSR count). The Bertz CT molecular complexity index is 315. The van der Waals surface area contributed by atoms with Crippen LogP contribution in [0.5, 0.6) is 0 Å². The zero-order chi connectivity index (χ0) is 10.4. The summed E-state index contributed by atoms with van der Waals surface area (Å²) in [6, 6.07) is 4.82. The van der Waals surface area contributed by atoms with Gasteiger partial charge < -0.3 is 15.5 Å². The molecule has 0 bridgehead atoms. The lowest BCUT2D eigenvalue weighted by Crippen LogP contribution is -2.18. The van der Waals surface area contributed by atoms with Crippen LogP contribution in [0.3, 0.4) is 0 Å². The van der Waals surface area contributed by atoms with Crippen molar-refractivity contribution >= 4 is 5.97 Å². The van der Waals surface area contributed by atoms with Gasteiger partial charge in [0.25, 0.3) is 0 Å². The molecule has 5 heteroatoms. The molecule has 1 aromatic heterocycles. The summed E-state index contributed by atoms with van der Waals surface area (Å²) in [6.45, 7) is 0.985. The average Bonchev–Trinajstić information content (AvgIpc) is 2.19. The molecule has 0 fully saturated rings. The van der Waals surface area contributed by atoms with E-state index in [4.69, 9.17) is 10.2 Å². The summed E-state index contributed by atoms with van der Waals surface area (Å²) in [5.74, 6) is -1.03. The number of hydrogen-bond donors (Lipinski definition) is 3. The number of carbonyl (C=O) groups is 1. The van der Waals surface area contributed by atoms with Crippen LogP contribution in [0.1, 0.15) is 16.2 Å². The third-order valence-corrected chi connectivity index (χ3v) is 1.62. The van der Waals surface area contributed by atoms with Gasteiger partial charge in [-0.2, -0.15) is 0 Å². The Kier molecular flexibility index (Phi) is 4.03. The second-order valence-corrected chi connectivity index (χ2v) is 2.72. The SMILES string of the molecule is O=C(O)c1cccc(CNCCO)n1. The number of pyridine rings is 1. The summed E-state index contributed by atoms with van der Waals surface area (Å²) in [5.41, 5.74) is 0.687. The van der Waals surface area contributed by atoms with Gasteiger partial charge in [-0.1, -0.05) is 6.07 Å². The summed E-state index contributed by atoms with van der Waals surface area (Å²) in [7, 11) is 0. The highest BCUT2D eigenvalue weighted by Crippen LogP contribution is 1.98. The Morgan fingerprint density at radius 3 is 2.93 bits per heavy atom.